The number of carbonyl (C=O) groups is 1. The smallest absolute Gasteiger partial charge is 0.211 e. The Hall–Kier alpha value is -0.790. The summed E-state index contributed by atoms with van der Waals surface area (Å²) in [6.07, 6.45) is 3.38. The summed E-state index contributed by atoms with van der Waals surface area (Å²) >= 11 is 1.42. The number of hydrogen-bond donors (Lipinski definition) is 0. The Labute approximate surface area is 124 Å². The van der Waals surface area contributed by atoms with Crippen molar-refractivity contribution in [1.82, 2.24) is 9.29 Å². The van der Waals surface area contributed by atoms with Gasteiger partial charge in [-0.25, -0.2) is 17.7 Å². The van der Waals surface area contributed by atoms with Gasteiger partial charge in [-0.05, 0) is 32.6 Å². The standard InChI is InChI=1S/C13H20N2O3S2/c1-9-13(19-10(2)14-9)12(16)7-11-5-4-6-15(8-11)20(3,17)18/h11H,4-8H2,1-3H3. The van der Waals surface area contributed by atoms with Crippen molar-refractivity contribution in [1.29, 1.82) is 0 Å². The van der Waals surface area contributed by atoms with E-state index in [0.29, 0.717) is 19.5 Å². The second kappa shape index (κ2) is 5.91. The van der Waals surface area contributed by atoms with Gasteiger partial charge in [-0.2, -0.15) is 0 Å². The van der Waals surface area contributed by atoms with E-state index in [4.69, 9.17) is 0 Å². The van der Waals surface area contributed by atoms with Gasteiger partial charge in [-0.15, -0.1) is 11.3 Å². The van der Waals surface area contributed by atoms with Gasteiger partial charge in [0.15, 0.2) is 5.78 Å². The Balaban J connectivity index is 2.03. The van der Waals surface area contributed by atoms with Gasteiger partial charge in [-0.1, -0.05) is 0 Å². The first-order valence-corrected chi connectivity index (χ1v) is 9.36. The molecule has 1 unspecified atom stereocenters. The SMILES string of the molecule is Cc1nc(C)c(C(=O)CC2CCCN(S(C)(=O)=O)C2)s1. The average Bonchev–Trinajstić information content (AvgIpc) is 2.68. The molecular formula is C13H20N2O3S2. The number of aromatic nitrogens is 1. The predicted octanol–water partition coefficient (Wildman–Crippen LogP) is 2.00. The third kappa shape index (κ3) is 3.65. The van der Waals surface area contributed by atoms with E-state index in [1.165, 1.54) is 21.9 Å². The fourth-order valence-corrected chi connectivity index (χ4v) is 4.45. The van der Waals surface area contributed by atoms with Crippen LogP contribution in [-0.4, -0.2) is 42.8 Å². The molecule has 0 radical (unpaired) electrons. The first kappa shape index (κ1) is 15.6. The lowest BCUT2D eigenvalue weighted by Crippen LogP contribution is -2.39. The first-order chi connectivity index (χ1) is 9.27. The van der Waals surface area contributed by atoms with Crippen molar-refractivity contribution in [2.45, 2.75) is 33.1 Å². The number of carbonyl (C=O) groups excluding carboxylic acids is 1. The minimum Gasteiger partial charge on any atom is -0.293 e. The topological polar surface area (TPSA) is 67.3 Å². The third-order valence-corrected chi connectivity index (χ3v) is 5.97. The van der Waals surface area contributed by atoms with Crippen LogP contribution in [-0.2, 0) is 10.0 Å². The highest BCUT2D eigenvalue weighted by molar-refractivity contribution is 7.88. The van der Waals surface area contributed by atoms with E-state index < -0.39 is 10.0 Å². The van der Waals surface area contributed by atoms with Crippen LogP contribution in [0.5, 0.6) is 0 Å². The Morgan fingerprint density at radius 2 is 2.15 bits per heavy atom. The van der Waals surface area contributed by atoms with Crippen LogP contribution >= 0.6 is 11.3 Å². The summed E-state index contributed by atoms with van der Waals surface area (Å²) in [6, 6.07) is 0. The molecule has 0 N–H and O–H groups in total. The number of nitrogens with zero attached hydrogens (tertiary/aromatic N) is 2. The monoisotopic (exact) mass is 316 g/mol. The van der Waals surface area contributed by atoms with E-state index >= 15 is 0 Å². The molecule has 0 aromatic carbocycles. The van der Waals surface area contributed by atoms with Crippen molar-refractivity contribution >= 4 is 27.1 Å². The summed E-state index contributed by atoms with van der Waals surface area (Å²) in [5.41, 5.74) is 0.785. The van der Waals surface area contributed by atoms with Crippen LogP contribution < -0.4 is 0 Å². The first-order valence-electron chi connectivity index (χ1n) is 6.69. The minimum absolute atomic E-state index is 0.0912. The van der Waals surface area contributed by atoms with Crippen molar-refractivity contribution in [3.8, 4) is 0 Å². The molecule has 2 rings (SSSR count). The lowest BCUT2D eigenvalue weighted by atomic mass is 9.93. The molecule has 0 saturated carbocycles. The third-order valence-electron chi connectivity index (χ3n) is 3.58. The summed E-state index contributed by atoms with van der Waals surface area (Å²) < 4.78 is 24.6. The van der Waals surface area contributed by atoms with Gasteiger partial charge in [0, 0.05) is 19.5 Å². The highest BCUT2D eigenvalue weighted by Gasteiger charge is 2.28. The second-order valence-electron chi connectivity index (χ2n) is 5.40. The van der Waals surface area contributed by atoms with Crippen LogP contribution in [0.1, 0.15) is 39.6 Å². The summed E-state index contributed by atoms with van der Waals surface area (Å²) in [6.45, 7) is 4.77. The fourth-order valence-electron chi connectivity index (χ4n) is 2.64. The largest absolute Gasteiger partial charge is 0.293 e. The van der Waals surface area contributed by atoms with Crippen molar-refractivity contribution in [2.75, 3.05) is 19.3 Å². The normalized spacial score (nSPS) is 21.1. The van der Waals surface area contributed by atoms with Gasteiger partial charge in [-0.3, -0.25) is 4.79 Å². The highest BCUT2D eigenvalue weighted by Crippen LogP contribution is 2.26. The maximum atomic E-state index is 12.3. The molecule has 1 atom stereocenters. The number of thiazole rings is 1. The quantitative estimate of drug-likeness (QED) is 0.797. The lowest BCUT2D eigenvalue weighted by Gasteiger charge is -2.30. The van der Waals surface area contributed by atoms with Gasteiger partial charge in [0.2, 0.25) is 10.0 Å². The fraction of sp³-hybridized carbons (Fsp3) is 0.692. The molecule has 0 spiro atoms. The number of Topliss-reactive ketones (excluding diaryl/α,β-unsaturated/α-hetero) is 1. The maximum absolute atomic E-state index is 12.3. The summed E-state index contributed by atoms with van der Waals surface area (Å²) in [5.74, 6) is 0.209. The van der Waals surface area contributed by atoms with E-state index in [1.54, 1.807) is 0 Å². The number of piperidine rings is 1. The number of rotatable bonds is 4. The molecule has 5 nitrogen and oxygen atoms in total. The zero-order chi connectivity index (χ0) is 14.9. The Morgan fingerprint density at radius 3 is 2.70 bits per heavy atom. The number of aryl methyl sites for hydroxylation is 2. The Bertz CT molecular complexity index is 607. The number of sulfonamides is 1. The van der Waals surface area contributed by atoms with Gasteiger partial charge in [0.1, 0.15) is 0 Å². The molecule has 0 bridgehead atoms. The summed E-state index contributed by atoms with van der Waals surface area (Å²) in [4.78, 5) is 17.3. The highest BCUT2D eigenvalue weighted by atomic mass is 32.2. The molecule has 1 fully saturated rings. The van der Waals surface area contributed by atoms with Gasteiger partial charge in [0.25, 0.3) is 0 Å². The molecular weight excluding hydrogens is 296 g/mol. The summed E-state index contributed by atoms with van der Waals surface area (Å²) in [7, 11) is -3.15. The van der Waals surface area contributed by atoms with Crippen LogP contribution in [0.25, 0.3) is 0 Å². The van der Waals surface area contributed by atoms with E-state index in [9.17, 15) is 13.2 Å². The minimum atomic E-state index is -3.15. The molecule has 1 aliphatic rings. The van der Waals surface area contributed by atoms with Crippen molar-refractivity contribution in [3.05, 3.63) is 15.6 Å². The Morgan fingerprint density at radius 1 is 1.45 bits per heavy atom. The zero-order valence-corrected chi connectivity index (χ0v) is 13.7. The van der Waals surface area contributed by atoms with Crippen molar-refractivity contribution in [2.24, 2.45) is 5.92 Å². The van der Waals surface area contributed by atoms with Crippen LogP contribution in [0.15, 0.2) is 0 Å². The van der Waals surface area contributed by atoms with Gasteiger partial charge in [0.05, 0.1) is 21.8 Å². The van der Waals surface area contributed by atoms with Crippen LogP contribution in [0.2, 0.25) is 0 Å². The van der Waals surface area contributed by atoms with Crippen molar-refractivity contribution < 1.29 is 13.2 Å². The molecule has 1 saturated heterocycles. The van der Waals surface area contributed by atoms with E-state index in [1.807, 2.05) is 13.8 Å². The molecule has 1 aliphatic heterocycles. The Kier molecular flexibility index (Phi) is 4.61. The lowest BCUT2D eigenvalue weighted by molar-refractivity contribution is 0.0945. The maximum Gasteiger partial charge on any atom is 0.211 e. The van der Waals surface area contributed by atoms with Gasteiger partial charge >= 0.3 is 0 Å². The van der Waals surface area contributed by atoms with Crippen LogP contribution in [0, 0.1) is 19.8 Å². The second-order valence-corrected chi connectivity index (χ2v) is 8.59. The molecule has 2 heterocycles. The molecule has 0 amide bonds. The average molecular weight is 316 g/mol. The van der Waals surface area contributed by atoms with E-state index in [2.05, 4.69) is 4.98 Å². The molecule has 20 heavy (non-hydrogen) atoms. The number of hydrogen-bond acceptors (Lipinski definition) is 5. The van der Waals surface area contributed by atoms with Crippen LogP contribution in [0.4, 0.5) is 0 Å². The van der Waals surface area contributed by atoms with E-state index in [0.717, 1.165) is 28.4 Å². The number of ketones is 1. The predicted molar refractivity (Wildman–Crippen MR) is 79.7 cm³/mol. The molecule has 112 valence electrons. The van der Waals surface area contributed by atoms with Crippen LogP contribution in [0.3, 0.4) is 0 Å². The summed E-state index contributed by atoms with van der Waals surface area (Å²) in [5, 5.41) is 0.896. The van der Waals surface area contributed by atoms with E-state index in [-0.39, 0.29) is 11.7 Å². The molecule has 0 aliphatic carbocycles. The van der Waals surface area contributed by atoms with Crippen molar-refractivity contribution in [3.63, 3.8) is 0 Å². The molecule has 1 aromatic heterocycles. The van der Waals surface area contributed by atoms with Gasteiger partial charge < -0.3 is 0 Å². The molecule has 7 heteroatoms. The molecule has 1 aromatic rings. The zero-order valence-electron chi connectivity index (χ0n) is 12.0.